The first-order valence-corrected chi connectivity index (χ1v) is 3.73. The first-order chi connectivity index (χ1) is 5.63. The molecule has 3 heteroatoms. The molecular formula is C9H12N2O. The standard InChI is InChI=1S/C9H12N2O/c1-6-4-2-3-5-7(6)8(10)9(11)12/h2-5,8H,10H2,1H3,(H2,11,12)/t8-/m1/s1. The number of nitrogens with two attached hydrogens (primary N) is 2. The van der Waals surface area contributed by atoms with Crippen molar-refractivity contribution >= 4 is 5.91 Å². The van der Waals surface area contributed by atoms with Gasteiger partial charge in [-0.3, -0.25) is 4.79 Å². The number of rotatable bonds is 2. The van der Waals surface area contributed by atoms with E-state index in [1.165, 1.54) is 0 Å². The van der Waals surface area contributed by atoms with E-state index in [1.807, 2.05) is 31.2 Å². The Morgan fingerprint density at radius 2 is 2.00 bits per heavy atom. The quantitative estimate of drug-likeness (QED) is 0.667. The van der Waals surface area contributed by atoms with Gasteiger partial charge < -0.3 is 11.5 Å². The fourth-order valence-electron chi connectivity index (χ4n) is 1.09. The Labute approximate surface area is 71.4 Å². The largest absolute Gasteiger partial charge is 0.368 e. The topological polar surface area (TPSA) is 69.1 Å². The molecule has 4 N–H and O–H groups in total. The summed E-state index contributed by atoms with van der Waals surface area (Å²) in [5.74, 6) is -0.496. The monoisotopic (exact) mass is 164 g/mol. The molecule has 12 heavy (non-hydrogen) atoms. The molecule has 1 aromatic carbocycles. The first-order valence-electron chi connectivity index (χ1n) is 3.73. The molecule has 0 aliphatic rings. The highest BCUT2D eigenvalue weighted by molar-refractivity contribution is 5.81. The number of primary amides is 1. The average Bonchev–Trinajstić information content (AvgIpc) is 2.04. The van der Waals surface area contributed by atoms with Crippen LogP contribution in [0.25, 0.3) is 0 Å². The van der Waals surface area contributed by atoms with E-state index in [4.69, 9.17) is 11.5 Å². The summed E-state index contributed by atoms with van der Waals surface area (Å²) < 4.78 is 0. The smallest absolute Gasteiger partial charge is 0.238 e. The molecule has 1 aromatic rings. The van der Waals surface area contributed by atoms with Crippen molar-refractivity contribution in [3.8, 4) is 0 Å². The van der Waals surface area contributed by atoms with Crippen molar-refractivity contribution in [2.75, 3.05) is 0 Å². The zero-order valence-corrected chi connectivity index (χ0v) is 6.95. The molecule has 0 saturated carbocycles. The molecule has 0 radical (unpaired) electrons. The van der Waals surface area contributed by atoms with Crippen LogP contribution < -0.4 is 11.5 Å². The summed E-state index contributed by atoms with van der Waals surface area (Å²) in [6.07, 6.45) is 0. The normalized spacial score (nSPS) is 12.5. The first kappa shape index (κ1) is 8.74. The van der Waals surface area contributed by atoms with Crippen LogP contribution in [-0.4, -0.2) is 5.91 Å². The van der Waals surface area contributed by atoms with Crippen LogP contribution in [0.15, 0.2) is 24.3 Å². The van der Waals surface area contributed by atoms with Gasteiger partial charge in [-0.15, -0.1) is 0 Å². The molecule has 64 valence electrons. The number of carbonyl (C=O) groups excluding carboxylic acids is 1. The maximum Gasteiger partial charge on any atom is 0.238 e. The number of aryl methyl sites for hydroxylation is 1. The number of benzene rings is 1. The lowest BCUT2D eigenvalue weighted by atomic mass is 10.0. The summed E-state index contributed by atoms with van der Waals surface area (Å²) >= 11 is 0. The molecule has 0 aliphatic heterocycles. The highest BCUT2D eigenvalue weighted by Gasteiger charge is 2.12. The van der Waals surface area contributed by atoms with Crippen molar-refractivity contribution < 1.29 is 4.79 Å². The van der Waals surface area contributed by atoms with E-state index in [0.29, 0.717) is 0 Å². The van der Waals surface area contributed by atoms with Crippen LogP contribution in [0.4, 0.5) is 0 Å². The van der Waals surface area contributed by atoms with E-state index < -0.39 is 11.9 Å². The van der Waals surface area contributed by atoms with Crippen molar-refractivity contribution in [1.29, 1.82) is 0 Å². The Morgan fingerprint density at radius 1 is 1.42 bits per heavy atom. The maximum atomic E-state index is 10.7. The van der Waals surface area contributed by atoms with E-state index in [2.05, 4.69) is 0 Å². The summed E-state index contributed by atoms with van der Waals surface area (Å²) in [5, 5.41) is 0. The Balaban J connectivity index is 3.02. The molecule has 0 aromatic heterocycles. The fraction of sp³-hybridized carbons (Fsp3) is 0.222. The summed E-state index contributed by atoms with van der Waals surface area (Å²) in [6.45, 7) is 1.90. The van der Waals surface area contributed by atoms with E-state index in [0.717, 1.165) is 11.1 Å². The molecule has 0 fully saturated rings. The van der Waals surface area contributed by atoms with Gasteiger partial charge in [-0.25, -0.2) is 0 Å². The van der Waals surface area contributed by atoms with E-state index in [9.17, 15) is 4.79 Å². The molecule has 1 atom stereocenters. The SMILES string of the molecule is Cc1ccccc1[C@@H](N)C(N)=O. The molecule has 0 unspecified atom stereocenters. The zero-order valence-electron chi connectivity index (χ0n) is 6.95. The van der Waals surface area contributed by atoms with Crippen LogP contribution in [0.3, 0.4) is 0 Å². The summed E-state index contributed by atoms with van der Waals surface area (Å²) in [6, 6.07) is 6.76. The van der Waals surface area contributed by atoms with Crippen LogP contribution >= 0.6 is 0 Å². The lowest BCUT2D eigenvalue weighted by Crippen LogP contribution is -2.28. The van der Waals surface area contributed by atoms with E-state index in [-0.39, 0.29) is 0 Å². The average molecular weight is 164 g/mol. The van der Waals surface area contributed by atoms with Crippen LogP contribution in [0, 0.1) is 6.92 Å². The van der Waals surface area contributed by atoms with Gasteiger partial charge in [0.25, 0.3) is 0 Å². The van der Waals surface area contributed by atoms with Crippen LogP contribution in [0.1, 0.15) is 17.2 Å². The van der Waals surface area contributed by atoms with Gasteiger partial charge in [0, 0.05) is 0 Å². The number of carbonyl (C=O) groups is 1. The van der Waals surface area contributed by atoms with Gasteiger partial charge in [0.15, 0.2) is 0 Å². The molecule has 1 amide bonds. The zero-order chi connectivity index (χ0) is 9.14. The fourth-order valence-corrected chi connectivity index (χ4v) is 1.09. The van der Waals surface area contributed by atoms with Crippen LogP contribution in [0.2, 0.25) is 0 Å². The minimum atomic E-state index is -0.689. The number of hydrogen-bond acceptors (Lipinski definition) is 2. The Morgan fingerprint density at radius 3 is 2.50 bits per heavy atom. The van der Waals surface area contributed by atoms with Gasteiger partial charge in [-0.05, 0) is 18.1 Å². The third kappa shape index (κ3) is 1.62. The molecule has 0 heterocycles. The Bertz CT molecular complexity index is 296. The van der Waals surface area contributed by atoms with Gasteiger partial charge in [0.1, 0.15) is 6.04 Å². The van der Waals surface area contributed by atoms with Gasteiger partial charge in [0.2, 0.25) is 5.91 Å². The summed E-state index contributed by atoms with van der Waals surface area (Å²) in [4.78, 5) is 10.7. The third-order valence-corrected chi connectivity index (χ3v) is 1.83. The summed E-state index contributed by atoms with van der Waals surface area (Å²) in [5.41, 5.74) is 12.4. The molecule has 0 saturated heterocycles. The van der Waals surface area contributed by atoms with Crippen molar-refractivity contribution in [1.82, 2.24) is 0 Å². The molecule has 0 aliphatic carbocycles. The van der Waals surface area contributed by atoms with Crippen molar-refractivity contribution in [3.63, 3.8) is 0 Å². The molecule has 1 rings (SSSR count). The minimum Gasteiger partial charge on any atom is -0.368 e. The molecular weight excluding hydrogens is 152 g/mol. The number of hydrogen-bond donors (Lipinski definition) is 2. The molecule has 0 bridgehead atoms. The van der Waals surface area contributed by atoms with Gasteiger partial charge in [-0.2, -0.15) is 0 Å². The van der Waals surface area contributed by atoms with Crippen molar-refractivity contribution in [3.05, 3.63) is 35.4 Å². The second-order valence-electron chi connectivity index (χ2n) is 2.74. The van der Waals surface area contributed by atoms with E-state index >= 15 is 0 Å². The maximum absolute atomic E-state index is 10.7. The molecule has 0 spiro atoms. The van der Waals surface area contributed by atoms with Crippen molar-refractivity contribution in [2.24, 2.45) is 11.5 Å². The third-order valence-electron chi connectivity index (χ3n) is 1.83. The van der Waals surface area contributed by atoms with Crippen LogP contribution in [0.5, 0.6) is 0 Å². The minimum absolute atomic E-state index is 0.496. The number of amides is 1. The predicted molar refractivity (Wildman–Crippen MR) is 47.3 cm³/mol. The summed E-state index contributed by atoms with van der Waals surface area (Å²) in [7, 11) is 0. The van der Waals surface area contributed by atoms with Gasteiger partial charge in [0.05, 0.1) is 0 Å². The van der Waals surface area contributed by atoms with E-state index in [1.54, 1.807) is 0 Å². The Hall–Kier alpha value is -1.35. The molecule has 3 nitrogen and oxygen atoms in total. The lowest BCUT2D eigenvalue weighted by molar-refractivity contribution is -0.119. The highest BCUT2D eigenvalue weighted by atomic mass is 16.1. The second kappa shape index (κ2) is 3.36. The predicted octanol–water partition coefficient (Wildman–Crippen LogP) is 0.480. The lowest BCUT2D eigenvalue weighted by Gasteiger charge is -2.09. The van der Waals surface area contributed by atoms with Crippen molar-refractivity contribution in [2.45, 2.75) is 13.0 Å². The van der Waals surface area contributed by atoms with Gasteiger partial charge >= 0.3 is 0 Å². The van der Waals surface area contributed by atoms with Crippen LogP contribution in [-0.2, 0) is 4.79 Å². The Kier molecular flexibility index (Phi) is 2.45. The van der Waals surface area contributed by atoms with Gasteiger partial charge in [-0.1, -0.05) is 24.3 Å². The second-order valence-corrected chi connectivity index (χ2v) is 2.74. The highest BCUT2D eigenvalue weighted by Crippen LogP contribution is 2.13.